The van der Waals surface area contributed by atoms with Crippen LogP contribution >= 0.6 is 0 Å². The van der Waals surface area contributed by atoms with Gasteiger partial charge in [0.1, 0.15) is 11.6 Å². The molecule has 0 aliphatic carbocycles. The lowest BCUT2D eigenvalue weighted by Gasteiger charge is -2.26. The number of H-pyrrole nitrogens is 1. The molecule has 2 aromatic rings. The molecular formula is C16H19N5O3. The van der Waals surface area contributed by atoms with Crippen LogP contribution in [-0.4, -0.2) is 47.5 Å². The van der Waals surface area contributed by atoms with Gasteiger partial charge in [0.15, 0.2) is 6.61 Å². The SMILES string of the molecule is Cc1cnc(CN(C)C(=O)Nc2ccc3c(c2)N(C)C(=O)CO3)[nH]1. The molecule has 0 radical (unpaired) electrons. The fourth-order valence-corrected chi connectivity index (χ4v) is 2.41. The first-order valence-corrected chi connectivity index (χ1v) is 7.50. The summed E-state index contributed by atoms with van der Waals surface area (Å²) in [6.45, 7) is 2.30. The van der Waals surface area contributed by atoms with Crippen LogP contribution in [0.4, 0.5) is 16.2 Å². The first-order valence-electron chi connectivity index (χ1n) is 7.50. The Balaban J connectivity index is 1.69. The van der Waals surface area contributed by atoms with Gasteiger partial charge in [-0.15, -0.1) is 0 Å². The number of carbonyl (C=O) groups is 2. The second-order valence-electron chi connectivity index (χ2n) is 5.72. The predicted octanol–water partition coefficient (Wildman–Crippen LogP) is 1.74. The van der Waals surface area contributed by atoms with Crippen molar-refractivity contribution in [1.29, 1.82) is 0 Å². The van der Waals surface area contributed by atoms with E-state index in [2.05, 4.69) is 15.3 Å². The van der Waals surface area contributed by atoms with Crippen molar-refractivity contribution in [3.05, 3.63) is 35.9 Å². The van der Waals surface area contributed by atoms with E-state index in [-0.39, 0.29) is 18.5 Å². The Kier molecular flexibility index (Phi) is 4.11. The molecule has 8 nitrogen and oxygen atoms in total. The number of aromatic nitrogens is 2. The molecule has 0 unspecified atom stereocenters. The fourth-order valence-electron chi connectivity index (χ4n) is 2.41. The molecule has 3 rings (SSSR count). The van der Waals surface area contributed by atoms with E-state index >= 15 is 0 Å². The second kappa shape index (κ2) is 6.23. The number of carbonyl (C=O) groups excluding carboxylic acids is 2. The van der Waals surface area contributed by atoms with Crippen LogP contribution in [-0.2, 0) is 11.3 Å². The van der Waals surface area contributed by atoms with Gasteiger partial charge >= 0.3 is 6.03 Å². The van der Waals surface area contributed by atoms with Crippen LogP contribution in [0.25, 0.3) is 0 Å². The van der Waals surface area contributed by atoms with Crippen LogP contribution in [0.2, 0.25) is 0 Å². The highest BCUT2D eigenvalue weighted by Crippen LogP contribution is 2.33. The van der Waals surface area contributed by atoms with Gasteiger partial charge < -0.3 is 24.8 Å². The van der Waals surface area contributed by atoms with Crippen LogP contribution in [0, 0.1) is 6.92 Å². The molecule has 1 aromatic carbocycles. The third-order valence-electron chi connectivity index (χ3n) is 3.79. The Morgan fingerprint density at radius 2 is 2.29 bits per heavy atom. The minimum Gasteiger partial charge on any atom is -0.482 e. The zero-order valence-corrected chi connectivity index (χ0v) is 13.8. The molecule has 1 aromatic heterocycles. The molecule has 2 N–H and O–H groups in total. The van der Waals surface area contributed by atoms with Gasteiger partial charge in [-0.25, -0.2) is 9.78 Å². The average molecular weight is 329 g/mol. The molecule has 3 amide bonds. The van der Waals surface area contributed by atoms with Gasteiger partial charge in [0.05, 0.1) is 12.2 Å². The van der Waals surface area contributed by atoms with Gasteiger partial charge in [-0.3, -0.25) is 4.79 Å². The third kappa shape index (κ3) is 3.17. The highest BCUT2D eigenvalue weighted by Gasteiger charge is 2.22. The Morgan fingerprint density at radius 1 is 1.50 bits per heavy atom. The summed E-state index contributed by atoms with van der Waals surface area (Å²) in [5, 5.41) is 2.81. The molecule has 8 heteroatoms. The van der Waals surface area contributed by atoms with Crippen molar-refractivity contribution in [2.45, 2.75) is 13.5 Å². The van der Waals surface area contributed by atoms with Crippen molar-refractivity contribution < 1.29 is 14.3 Å². The first kappa shape index (κ1) is 15.9. The number of aromatic amines is 1. The molecule has 0 saturated heterocycles. The van der Waals surface area contributed by atoms with Gasteiger partial charge in [-0.1, -0.05) is 0 Å². The molecule has 2 heterocycles. The number of likely N-dealkylation sites (N-methyl/N-ethyl adjacent to an activating group) is 1. The van der Waals surface area contributed by atoms with E-state index < -0.39 is 0 Å². The quantitative estimate of drug-likeness (QED) is 0.897. The number of imidazole rings is 1. The number of rotatable bonds is 3. The topological polar surface area (TPSA) is 90.6 Å². The standard InChI is InChI=1S/C16H19N5O3/c1-10-7-17-14(18-10)8-20(2)16(23)19-11-4-5-13-12(6-11)21(3)15(22)9-24-13/h4-7H,8-9H2,1-3H3,(H,17,18)(H,19,23). The van der Waals surface area contributed by atoms with E-state index in [4.69, 9.17) is 4.74 Å². The number of urea groups is 1. The van der Waals surface area contributed by atoms with Crippen molar-refractivity contribution in [3.63, 3.8) is 0 Å². The maximum absolute atomic E-state index is 12.3. The van der Waals surface area contributed by atoms with E-state index in [1.165, 1.54) is 9.80 Å². The summed E-state index contributed by atoms with van der Waals surface area (Å²) >= 11 is 0. The normalized spacial score (nSPS) is 13.3. The van der Waals surface area contributed by atoms with Crippen molar-refractivity contribution in [3.8, 4) is 5.75 Å². The molecule has 0 saturated carbocycles. The monoisotopic (exact) mass is 329 g/mol. The van der Waals surface area contributed by atoms with E-state index in [1.807, 2.05) is 6.92 Å². The van der Waals surface area contributed by atoms with Crippen molar-refractivity contribution in [2.24, 2.45) is 0 Å². The fraction of sp³-hybridized carbons (Fsp3) is 0.312. The molecule has 126 valence electrons. The zero-order valence-electron chi connectivity index (χ0n) is 13.8. The number of aryl methyl sites for hydroxylation is 1. The highest BCUT2D eigenvalue weighted by molar-refractivity contribution is 5.99. The maximum Gasteiger partial charge on any atom is 0.321 e. The lowest BCUT2D eigenvalue weighted by atomic mass is 10.2. The lowest BCUT2D eigenvalue weighted by Crippen LogP contribution is -2.35. The second-order valence-corrected chi connectivity index (χ2v) is 5.72. The molecule has 1 aliphatic rings. The number of ether oxygens (including phenoxy) is 1. The van der Waals surface area contributed by atoms with Crippen LogP contribution in [0.1, 0.15) is 11.5 Å². The van der Waals surface area contributed by atoms with Crippen molar-refractivity contribution >= 4 is 23.3 Å². The predicted molar refractivity (Wildman–Crippen MR) is 89.2 cm³/mol. The zero-order chi connectivity index (χ0) is 17.3. The Hall–Kier alpha value is -3.03. The summed E-state index contributed by atoms with van der Waals surface area (Å²) in [6, 6.07) is 4.93. The number of hydrogen-bond acceptors (Lipinski definition) is 4. The third-order valence-corrected chi connectivity index (χ3v) is 3.79. The molecular weight excluding hydrogens is 310 g/mol. The lowest BCUT2D eigenvalue weighted by molar-refractivity contribution is -0.120. The minimum absolute atomic E-state index is 0.0283. The molecule has 0 atom stereocenters. The summed E-state index contributed by atoms with van der Waals surface area (Å²) in [4.78, 5) is 34.3. The van der Waals surface area contributed by atoms with Gasteiger partial charge in [0, 0.05) is 31.7 Å². The average Bonchev–Trinajstić information content (AvgIpc) is 2.96. The van der Waals surface area contributed by atoms with Crippen LogP contribution in [0.15, 0.2) is 24.4 Å². The molecule has 0 fully saturated rings. The number of anilines is 2. The first-order chi connectivity index (χ1) is 11.4. The summed E-state index contributed by atoms with van der Waals surface area (Å²) in [5.41, 5.74) is 2.17. The number of nitrogens with one attached hydrogen (secondary N) is 2. The number of fused-ring (bicyclic) bond motifs is 1. The van der Waals surface area contributed by atoms with Crippen molar-refractivity contribution in [1.82, 2.24) is 14.9 Å². The Bertz CT molecular complexity index is 786. The molecule has 24 heavy (non-hydrogen) atoms. The van der Waals surface area contributed by atoms with Crippen LogP contribution < -0.4 is 15.0 Å². The van der Waals surface area contributed by atoms with Crippen LogP contribution in [0.5, 0.6) is 5.75 Å². The van der Waals surface area contributed by atoms with E-state index in [1.54, 1.807) is 38.5 Å². The van der Waals surface area contributed by atoms with Gasteiger partial charge in [-0.2, -0.15) is 0 Å². The van der Waals surface area contributed by atoms with Crippen molar-refractivity contribution in [2.75, 3.05) is 30.9 Å². The summed E-state index contributed by atoms with van der Waals surface area (Å²) < 4.78 is 5.37. The van der Waals surface area contributed by atoms with E-state index in [0.29, 0.717) is 29.5 Å². The maximum atomic E-state index is 12.3. The van der Waals surface area contributed by atoms with E-state index in [9.17, 15) is 9.59 Å². The number of hydrogen-bond donors (Lipinski definition) is 2. The van der Waals surface area contributed by atoms with E-state index in [0.717, 1.165) is 5.69 Å². The Labute approximate surface area is 139 Å². The number of benzene rings is 1. The van der Waals surface area contributed by atoms with Gasteiger partial charge in [-0.05, 0) is 25.1 Å². The minimum atomic E-state index is -0.269. The summed E-state index contributed by atoms with van der Waals surface area (Å²) in [7, 11) is 3.37. The largest absolute Gasteiger partial charge is 0.482 e. The number of amides is 3. The van der Waals surface area contributed by atoms with Gasteiger partial charge in [0.2, 0.25) is 0 Å². The Morgan fingerprint density at radius 3 is 3.00 bits per heavy atom. The number of nitrogens with zero attached hydrogens (tertiary/aromatic N) is 3. The summed E-state index contributed by atoms with van der Waals surface area (Å²) in [5.74, 6) is 1.21. The van der Waals surface area contributed by atoms with Gasteiger partial charge in [0.25, 0.3) is 5.91 Å². The molecule has 1 aliphatic heterocycles. The molecule has 0 spiro atoms. The van der Waals surface area contributed by atoms with Crippen LogP contribution in [0.3, 0.4) is 0 Å². The molecule has 0 bridgehead atoms. The summed E-state index contributed by atoms with van der Waals surface area (Å²) in [6.07, 6.45) is 1.72. The highest BCUT2D eigenvalue weighted by atomic mass is 16.5. The smallest absolute Gasteiger partial charge is 0.321 e.